The molecule has 1 aliphatic heterocycles. The SMILES string of the molecule is CC(C)=CCCC(C)=CCCC(C)CCN1CCN(C(=O)c2ccco2)CC1. The van der Waals surface area contributed by atoms with Gasteiger partial charge in [0.2, 0.25) is 0 Å². The van der Waals surface area contributed by atoms with Crippen molar-refractivity contribution in [1.82, 2.24) is 9.80 Å². The third-order valence-electron chi connectivity index (χ3n) is 5.57. The topological polar surface area (TPSA) is 36.7 Å². The average Bonchev–Trinajstić information content (AvgIpc) is 3.20. The number of hydrogen-bond donors (Lipinski definition) is 0. The van der Waals surface area contributed by atoms with Gasteiger partial charge >= 0.3 is 0 Å². The molecule has 0 aliphatic carbocycles. The molecule has 0 aromatic carbocycles. The van der Waals surface area contributed by atoms with Crippen LogP contribution in [0, 0.1) is 5.92 Å². The van der Waals surface area contributed by atoms with Gasteiger partial charge in [-0.05, 0) is 77.5 Å². The van der Waals surface area contributed by atoms with Crippen LogP contribution < -0.4 is 0 Å². The van der Waals surface area contributed by atoms with Crippen LogP contribution in [0.25, 0.3) is 0 Å². The molecule has 0 saturated carbocycles. The molecule has 4 nitrogen and oxygen atoms in total. The van der Waals surface area contributed by atoms with E-state index in [1.165, 1.54) is 36.8 Å². The number of hydrogen-bond acceptors (Lipinski definition) is 3. The normalized spacial score (nSPS) is 16.9. The van der Waals surface area contributed by atoms with Gasteiger partial charge in [-0.25, -0.2) is 0 Å². The lowest BCUT2D eigenvalue weighted by molar-refractivity contribution is 0.0600. The Morgan fingerprint density at radius 2 is 1.86 bits per heavy atom. The quantitative estimate of drug-likeness (QED) is 0.496. The summed E-state index contributed by atoms with van der Waals surface area (Å²) in [5.41, 5.74) is 2.93. The van der Waals surface area contributed by atoms with E-state index in [4.69, 9.17) is 4.42 Å². The molecule has 1 amide bonds. The minimum Gasteiger partial charge on any atom is -0.459 e. The van der Waals surface area contributed by atoms with Crippen LogP contribution in [-0.4, -0.2) is 48.4 Å². The van der Waals surface area contributed by atoms with Crippen LogP contribution in [0.2, 0.25) is 0 Å². The minimum atomic E-state index is 0.0183. The van der Waals surface area contributed by atoms with Crippen molar-refractivity contribution in [3.05, 3.63) is 47.5 Å². The van der Waals surface area contributed by atoms with Crippen molar-refractivity contribution in [2.45, 2.75) is 59.8 Å². The Balaban J connectivity index is 1.59. The van der Waals surface area contributed by atoms with Gasteiger partial charge in [0.05, 0.1) is 6.26 Å². The van der Waals surface area contributed by atoms with Gasteiger partial charge in [-0.1, -0.05) is 30.2 Å². The number of piperazine rings is 1. The molecular weight excluding hydrogens is 348 g/mol. The first kappa shape index (κ1) is 22.5. The molecule has 0 bridgehead atoms. The van der Waals surface area contributed by atoms with E-state index >= 15 is 0 Å². The molecule has 1 aromatic heterocycles. The standard InChI is InChI=1S/C24H38N2O2/c1-20(2)8-5-9-21(3)10-6-11-22(4)13-14-25-15-17-26(18-16-25)24(27)23-12-7-19-28-23/h7-8,10,12,19,22H,5-6,9,11,13-18H2,1-4H3. The molecule has 2 rings (SSSR count). The Morgan fingerprint density at radius 3 is 2.50 bits per heavy atom. The first-order valence-electron chi connectivity index (χ1n) is 10.8. The lowest BCUT2D eigenvalue weighted by Crippen LogP contribution is -2.48. The van der Waals surface area contributed by atoms with Crippen LogP contribution in [-0.2, 0) is 0 Å². The van der Waals surface area contributed by atoms with Crippen molar-refractivity contribution in [1.29, 1.82) is 0 Å². The maximum Gasteiger partial charge on any atom is 0.289 e. The van der Waals surface area contributed by atoms with Gasteiger partial charge < -0.3 is 9.32 Å². The number of nitrogens with zero attached hydrogens (tertiary/aromatic N) is 2. The molecule has 1 atom stereocenters. The Kier molecular flexibility index (Phi) is 9.56. The summed E-state index contributed by atoms with van der Waals surface area (Å²) in [6, 6.07) is 3.51. The number of rotatable bonds is 10. The lowest BCUT2D eigenvalue weighted by atomic mass is 9.99. The van der Waals surface area contributed by atoms with Crippen LogP contribution in [0.3, 0.4) is 0 Å². The fourth-order valence-corrected chi connectivity index (χ4v) is 3.58. The molecule has 4 heteroatoms. The molecule has 1 unspecified atom stereocenters. The van der Waals surface area contributed by atoms with Crippen LogP contribution in [0.5, 0.6) is 0 Å². The summed E-state index contributed by atoms with van der Waals surface area (Å²) in [6.07, 6.45) is 12.3. The number of amides is 1. The molecule has 2 heterocycles. The largest absolute Gasteiger partial charge is 0.459 e. The summed E-state index contributed by atoms with van der Waals surface area (Å²) in [5.74, 6) is 1.21. The predicted octanol–water partition coefficient (Wildman–Crippen LogP) is 5.54. The predicted molar refractivity (Wildman–Crippen MR) is 116 cm³/mol. The minimum absolute atomic E-state index is 0.0183. The second-order valence-electron chi connectivity index (χ2n) is 8.45. The van der Waals surface area contributed by atoms with E-state index in [0.29, 0.717) is 5.76 Å². The van der Waals surface area contributed by atoms with Gasteiger partial charge in [0, 0.05) is 26.2 Å². The van der Waals surface area contributed by atoms with Gasteiger partial charge in [-0.3, -0.25) is 9.69 Å². The fraction of sp³-hybridized carbons (Fsp3) is 0.625. The fourth-order valence-electron chi connectivity index (χ4n) is 3.58. The number of carbonyl (C=O) groups is 1. The number of furan rings is 1. The molecule has 1 aromatic rings. The summed E-state index contributed by atoms with van der Waals surface area (Å²) in [6.45, 7) is 13.6. The van der Waals surface area contributed by atoms with E-state index in [-0.39, 0.29) is 5.91 Å². The highest BCUT2D eigenvalue weighted by Crippen LogP contribution is 2.16. The maximum absolute atomic E-state index is 12.3. The highest BCUT2D eigenvalue weighted by Gasteiger charge is 2.23. The molecule has 1 aliphatic rings. The van der Waals surface area contributed by atoms with Crippen LogP contribution in [0.15, 0.2) is 46.1 Å². The number of carbonyl (C=O) groups excluding carboxylic acids is 1. The van der Waals surface area contributed by atoms with E-state index in [1.807, 2.05) is 4.90 Å². The van der Waals surface area contributed by atoms with E-state index in [0.717, 1.165) is 45.1 Å². The van der Waals surface area contributed by atoms with Crippen molar-refractivity contribution >= 4 is 5.91 Å². The van der Waals surface area contributed by atoms with E-state index in [2.05, 4.69) is 44.7 Å². The molecule has 1 saturated heterocycles. The summed E-state index contributed by atoms with van der Waals surface area (Å²) < 4.78 is 5.23. The third-order valence-corrected chi connectivity index (χ3v) is 5.57. The second kappa shape index (κ2) is 11.9. The van der Waals surface area contributed by atoms with Gasteiger partial charge in [0.15, 0.2) is 5.76 Å². The Labute approximate surface area is 171 Å². The summed E-state index contributed by atoms with van der Waals surface area (Å²) in [5, 5.41) is 0. The van der Waals surface area contributed by atoms with Gasteiger partial charge in [0.1, 0.15) is 0 Å². The van der Waals surface area contributed by atoms with Crippen molar-refractivity contribution in [2.24, 2.45) is 5.92 Å². The highest BCUT2D eigenvalue weighted by molar-refractivity contribution is 5.91. The maximum atomic E-state index is 12.3. The monoisotopic (exact) mass is 386 g/mol. The molecule has 28 heavy (non-hydrogen) atoms. The molecule has 0 spiro atoms. The highest BCUT2D eigenvalue weighted by atomic mass is 16.3. The lowest BCUT2D eigenvalue weighted by Gasteiger charge is -2.34. The van der Waals surface area contributed by atoms with Crippen molar-refractivity contribution in [2.75, 3.05) is 32.7 Å². The van der Waals surface area contributed by atoms with Crippen molar-refractivity contribution < 1.29 is 9.21 Å². The van der Waals surface area contributed by atoms with Gasteiger partial charge in [-0.2, -0.15) is 0 Å². The zero-order valence-corrected chi connectivity index (χ0v) is 18.2. The Morgan fingerprint density at radius 1 is 1.11 bits per heavy atom. The summed E-state index contributed by atoms with van der Waals surface area (Å²) in [7, 11) is 0. The smallest absolute Gasteiger partial charge is 0.289 e. The number of allylic oxidation sites excluding steroid dienone is 4. The second-order valence-corrected chi connectivity index (χ2v) is 8.45. The van der Waals surface area contributed by atoms with Crippen LogP contribution in [0.1, 0.15) is 70.4 Å². The van der Waals surface area contributed by atoms with E-state index < -0.39 is 0 Å². The average molecular weight is 387 g/mol. The van der Waals surface area contributed by atoms with Crippen molar-refractivity contribution in [3.63, 3.8) is 0 Å². The van der Waals surface area contributed by atoms with Crippen LogP contribution in [0.4, 0.5) is 0 Å². The molecule has 1 fully saturated rings. The third kappa shape index (κ3) is 8.05. The molecule has 0 radical (unpaired) electrons. The Bertz CT molecular complexity index is 634. The van der Waals surface area contributed by atoms with E-state index in [1.54, 1.807) is 18.4 Å². The zero-order valence-electron chi connectivity index (χ0n) is 18.2. The first-order chi connectivity index (χ1) is 13.5. The van der Waals surface area contributed by atoms with E-state index in [9.17, 15) is 4.79 Å². The Hall–Kier alpha value is -1.81. The van der Waals surface area contributed by atoms with Gasteiger partial charge in [-0.15, -0.1) is 0 Å². The molecule has 0 N–H and O–H groups in total. The molecule has 156 valence electrons. The summed E-state index contributed by atoms with van der Waals surface area (Å²) >= 11 is 0. The zero-order chi connectivity index (χ0) is 20.4. The van der Waals surface area contributed by atoms with Gasteiger partial charge in [0.25, 0.3) is 5.91 Å². The molecular formula is C24H38N2O2. The first-order valence-corrected chi connectivity index (χ1v) is 10.8. The summed E-state index contributed by atoms with van der Waals surface area (Å²) in [4.78, 5) is 16.7. The van der Waals surface area contributed by atoms with Crippen LogP contribution >= 0.6 is 0 Å². The van der Waals surface area contributed by atoms with Crippen molar-refractivity contribution in [3.8, 4) is 0 Å².